The van der Waals surface area contributed by atoms with Crippen LogP contribution in [0, 0.1) is 6.92 Å². The third-order valence-corrected chi connectivity index (χ3v) is 2.89. The summed E-state index contributed by atoms with van der Waals surface area (Å²) < 4.78 is 62.3. The molecule has 1 aromatic carbocycles. The SMILES string of the molecule is CC(=O)Nc1cc(C)ccc1OS(=O)(=O)C(F)(F)F. The molecule has 0 aliphatic carbocycles. The van der Waals surface area contributed by atoms with Crippen molar-refractivity contribution in [2.75, 3.05) is 5.32 Å². The maximum atomic E-state index is 12.2. The van der Waals surface area contributed by atoms with Gasteiger partial charge in [-0.3, -0.25) is 4.79 Å². The predicted octanol–water partition coefficient (Wildman–Crippen LogP) is 2.18. The monoisotopic (exact) mass is 297 g/mol. The molecule has 0 aliphatic heterocycles. The Morgan fingerprint density at radius 3 is 2.37 bits per heavy atom. The standard InChI is InChI=1S/C10H10F3NO4S/c1-6-3-4-9(8(5-6)14-7(2)15)18-19(16,17)10(11,12)13/h3-5H,1-2H3,(H,14,15). The van der Waals surface area contributed by atoms with Crippen LogP contribution >= 0.6 is 0 Å². The number of carbonyl (C=O) groups is 1. The van der Waals surface area contributed by atoms with Crippen molar-refractivity contribution < 1.29 is 30.6 Å². The Hall–Kier alpha value is -1.77. The molecule has 1 aromatic rings. The van der Waals surface area contributed by atoms with Gasteiger partial charge in [-0.05, 0) is 24.6 Å². The molecule has 0 spiro atoms. The second-order valence-electron chi connectivity index (χ2n) is 3.66. The van der Waals surface area contributed by atoms with E-state index in [4.69, 9.17) is 0 Å². The lowest BCUT2D eigenvalue weighted by Crippen LogP contribution is -2.28. The lowest BCUT2D eigenvalue weighted by molar-refractivity contribution is -0.114. The van der Waals surface area contributed by atoms with Crippen LogP contribution in [0.15, 0.2) is 18.2 Å². The van der Waals surface area contributed by atoms with E-state index in [0.717, 1.165) is 13.0 Å². The maximum absolute atomic E-state index is 12.2. The average Bonchev–Trinajstić information content (AvgIpc) is 2.19. The second kappa shape index (κ2) is 5.08. The van der Waals surface area contributed by atoms with Crippen LogP contribution in [0.1, 0.15) is 12.5 Å². The number of benzene rings is 1. The van der Waals surface area contributed by atoms with Gasteiger partial charge in [0.05, 0.1) is 5.69 Å². The van der Waals surface area contributed by atoms with Gasteiger partial charge in [0.25, 0.3) is 0 Å². The van der Waals surface area contributed by atoms with Gasteiger partial charge >= 0.3 is 15.6 Å². The lowest BCUT2D eigenvalue weighted by Gasteiger charge is -2.13. The van der Waals surface area contributed by atoms with Crippen LogP contribution in [-0.4, -0.2) is 19.8 Å². The topological polar surface area (TPSA) is 72.5 Å². The fourth-order valence-corrected chi connectivity index (χ4v) is 1.65. The van der Waals surface area contributed by atoms with Gasteiger partial charge in [-0.25, -0.2) is 0 Å². The molecular weight excluding hydrogens is 287 g/mol. The van der Waals surface area contributed by atoms with E-state index in [9.17, 15) is 26.4 Å². The van der Waals surface area contributed by atoms with Gasteiger partial charge in [0.15, 0.2) is 5.75 Å². The number of hydrogen-bond donors (Lipinski definition) is 1. The molecule has 0 atom stereocenters. The molecule has 19 heavy (non-hydrogen) atoms. The first kappa shape index (κ1) is 15.3. The molecule has 0 heterocycles. The first-order valence-corrected chi connectivity index (χ1v) is 6.33. The van der Waals surface area contributed by atoms with Crippen molar-refractivity contribution in [3.05, 3.63) is 23.8 Å². The third kappa shape index (κ3) is 3.85. The number of aryl methyl sites for hydroxylation is 1. The Morgan fingerprint density at radius 1 is 1.32 bits per heavy atom. The number of anilines is 1. The summed E-state index contributed by atoms with van der Waals surface area (Å²) in [6, 6.07) is 3.68. The summed E-state index contributed by atoms with van der Waals surface area (Å²) in [5.41, 5.74) is -5.08. The van der Waals surface area contributed by atoms with E-state index in [2.05, 4.69) is 9.50 Å². The molecule has 1 rings (SSSR count). The highest BCUT2D eigenvalue weighted by Gasteiger charge is 2.48. The van der Waals surface area contributed by atoms with E-state index in [1.807, 2.05) is 0 Å². The third-order valence-electron chi connectivity index (χ3n) is 1.93. The van der Waals surface area contributed by atoms with E-state index in [-0.39, 0.29) is 5.69 Å². The van der Waals surface area contributed by atoms with Crippen LogP contribution in [0.25, 0.3) is 0 Å². The first-order valence-electron chi connectivity index (χ1n) is 4.92. The van der Waals surface area contributed by atoms with Crippen LogP contribution in [0.4, 0.5) is 18.9 Å². The Kier molecular flexibility index (Phi) is 4.09. The van der Waals surface area contributed by atoms with Gasteiger partial charge in [0.1, 0.15) is 0 Å². The highest BCUT2D eigenvalue weighted by atomic mass is 32.2. The minimum Gasteiger partial charge on any atom is -0.374 e. The predicted molar refractivity (Wildman–Crippen MR) is 61.1 cm³/mol. The number of hydrogen-bond acceptors (Lipinski definition) is 4. The molecule has 1 amide bonds. The van der Waals surface area contributed by atoms with Crippen molar-refractivity contribution >= 4 is 21.7 Å². The van der Waals surface area contributed by atoms with Crippen molar-refractivity contribution in [1.82, 2.24) is 0 Å². The summed E-state index contributed by atoms with van der Waals surface area (Å²) in [7, 11) is -5.77. The van der Waals surface area contributed by atoms with E-state index in [1.165, 1.54) is 12.1 Å². The van der Waals surface area contributed by atoms with E-state index in [0.29, 0.717) is 5.56 Å². The van der Waals surface area contributed by atoms with Crippen molar-refractivity contribution in [2.24, 2.45) is 0 Å². The summed E-state index contributed by atoms with van der Waals surface area (Å²) in [5.74, 6) is -1.17. The molecular formula is C10H10F3NO4S. The van der Waals surface area contributed by atoms with Gasteiger partial charge in [-0.1, -0.05) is 6.07 Å². The van der Waals surface area contributed by atoms with Crippen molar-refractivity contribution in [1.29, 1.82) is 0 Å². The minimum absolute atomic E-state index is 0.152. The van der Waals surface area contributed by atoms with Crippen LogP contribution in [0.2, 0.25) is 0 Å². The molecule has 0 bridgehead atoms. The van der Waals surface area contributed by atoms with E-state index in [1.54, 1.807) is 6.92 Å². The van der Waals surface area contributed by atoms with E-state index >= 15 is 0 Å². The maximum Gasteiger partial charge on any atom is 0.534 e. The second-order valence-corrected chi connectivity index (χ2v) is 5.20. The summed E-state index contributed by atoms with van der Waals surface area (Å²) >= 11 is 0. The molecule has 106 valence electrons. The summed E-state index contributed by atoms with van der Waals surface area (Å²) in [4.78, 5) is 10.9. The Bertz CT molecular complexity index is 595. The molecule has 0 aliphatic rings. The fraction of sp³-hybridized carbons (Fsp3) is 0.300. The molecule has 0 radical (unpaired) electrons. The number of alkyl halides is 3. The zero-order valence-corrected chi connectivity index (χ0v) is 10.7. The molecule has 0 fully saturated rings. The number of carbonyl (C=O) groups excluding carboxylic acids is 1. The first-order chi connectivity index (χ1) is 8.53. The molecule has 1 N–H and O–H groups in total. The zero-order valence-electron chi connectivity index (χ0n) is 9.91. The smallest absolute Gasteiger partial charge is 0.374 e. The molecule has 5 nitrogen and oxygen atoms in total. The van der Waals surface area contributed by atoms with Crippen molar-refractivity contribution in [3.63, 3.8) is 0 Å². The summed E-state index contributed by atoms with van der Waals surface area (Å²) in [6.07, 6.45) is 0. The van der Waals surface area contributed by atoms with Crippen molar-refractivity contribution in [3.8, 4) is 5.75 Å². The number of nitrogens with one attached hydrogen (secondary N) is 1. The molecule has 0 unspecified atom stereocenters. The number of halogens is 3. The van der Waals surface area contributed by atoms with Gasteiger partial charge in [0.2, 0.25) is 5.91 Å². The van der Waals surface area contributed by atoms with Gasteiger partial charge in [-0.2, -0.15) is 21.6 Å². The zero-order chi connectivity index (χ0) is 14.8. The van der Waals surface area contributed by atoms with Gasteiger partial charge in [-0.15, -0.1) is 0 Å². The highest BCUT2D eigenvalue weighted by Crippen LogP contribution is 2.32. The van der Waals surface area contributed by atoms with Crippen molar-refractivity contribution in [2.45, 2.75) is 19.4 Å². The summed E-state index contributed by atoms with van der Waals surface area (Å²) in [5, 5.41) is 2.19. The number of amides is 1. The highest BCUT2D eigenvalue weighted by molar-refractivity contribution is 7.88. The lowest BCUT2D eigenvalue weighted by atomic mass is 10.2. The molecule has 0 aromatic heterocycles. The quantitative estimate of drug-likeness (QED) is 0.685. The molecule has 0 saturated heterocycles. The Morgan fingerprint density at radius 2 is 1.89 bits per heavy atom. The van der Waals surface area contributed by atoms with Crippen LogP contribution < -0.4 is 9.50 Å². The number of rotatable bonds is 3. The van der Waals surface area contributed by atoms with Crippen LogP contribution in [0.5, 0.6) is 5.75 Å². The largest absolute Gasteiger partial charge is 0.534 e. The normalized spacial score (nSPS) is 12.1. The van der Waals surface area contributed by atoms with Crippen LogP contribution in [-0.2, 0) is 14.9 Å². The average molecular weight is 297 g/mol. The Labute approximate surface area is 107 Å². The molecule has 9 heteroatoms. The minimum atomic E-state index is -5.77. The van der Waals surface area contributed by atoms with Gasteiger partial charge < -0.3 is 9.50 Å². The summed E-state index contributed by atoms with van der Waals surface area (Å²) in [6.45, 7) is 2.75. The fourth-order valence-electron chi connectivity index (χ4n) is 1.17. The Balaban J connectivity index is 3.18. The van der Waals surface area contributed by atoms with E-state index < -0.39 is 27.3 Å². The van der Waals surface area contributed by atoms with Gasteiger partial charge in [0, 0.05) is 6.92 Å². The van der Waals surface area contributed by atoms with Crippen LogP contribution in [0.3, 0.4) is 0 Å². The molecule has 0 saturated carbocycles.